The number of nitrogens with one attached hydrogen (secondary N) is 1. The van der Waals surface area contributed by atoms with Gasteiger partial charge in [0.15, 0.2) is 0 Å². The van der Waals surface area contributed by atoms with Crippen molar-refractivity contribution in [3.05, 3.63) is 29.8 Å². The zero-order valence-electron chi connectivity index (χ0n) is 9.11. The van der Waals surface area contributed by atoms with E-state index in [1.165, 1.54) is 12.7 Å². The van der Waals surface area contributed by atoms with Crippen LogP contribution in [0.2, 0.25) is 0 Å². The Morgan fingerprint density at radius 1 is 1.27 bits per heavy atom. The van der Waals surface area contributed by atoms with Gasteiger partial charge in [0.2, 0.25) is 0 Å². The molecule has 1 aromatic rings. The summed E-state index contributed by atoms with van der Waals surface area (Å²) in [6.45, 7) is 4.24. The number of methoxy groups -OCH3 is 1. The summed E-state index contributed by atoms with van der Waals surface area (Å²) in [4.78, 5) is 15.2. The number of anilines is 1. The van der Waals surface area contributed by atoms with Crippen LogP contribution in [0, 0.1) is 0 Å². The number of carbonyl (C=O) groups is 1. The fraction of sp³-hybridized carbons (Fsp3) is 0.364. The Labute approximate surface area is 89.1 Å². The Morgan fingerprint density at radius 3 is 2.33 bits per heavy atom. The number of carbonyl (C=O) groups excluding carboxylic acids is 1. The molecular formula is C11H15NO3. The second kappa shape index (κ2) is 5.24. The van der Waals surface area contributed by atoms with Crippen molar-refractivity contribution in [2.45, 2.75) is 19.8 Å². The molecule has 0 radical (unpaired) electrons. The van der Waals surface area contributed by atoms with Crippen LogP contribution in [0.3, 0.4) is 0 Å². The fourth-order valence-corrected chi connectivity index (χ4v) is 1.08. The van der Waals surface area contributed by atoms with E-state index in [1.807, 2.05) is 24.3 Å². The van der Waals surface area contributed by atoms with Gasteiger partial charge in [0.1, 0.15) is 0 Å². The average molecular weight is 209 g/mol. The zero-order chi connectivity index (χ0) is 11.3. The lowest BCUT2D eigenvalue weighted by Gasteiger charge is -2.08. The van der Waals surface area contributed by atoms with Gasteiger partial charge in [0.05, 0.1) is 12.8 Å². The molecule has 0 saturated carbocycles. The van der Waals surface area contributed by atoms with E-state index < -0.39 is 6.16 Å². The lowest BCUT2D eigenvalue weighted by molar-refractivity contribution is 0.0914. The first-order valence-electron chi connectivity index (χ1n) is 4.74. The summed E-state index contributed by atoms with van der Waals surface area (Å²) in [5, 5.41) is 0. The predicted molar refractivity (Wildman–Crippen MR) is 57.6 cm³/mol. The van der Waals surface area contributed by atoms with Gasteiger partial charge in [-0.05, 0) is 23.6 Å². The molecule has 1 rings (SSSR count). The lowest BCUT2D eigenvalue weighted by atomic mass is 10.0. The number of ether oxygens (including phenoxy) is 1. The molecule has 0 heterocycles. The van der Waals surface area contributed by atoms with Gasteiger partial charge in [-0.1, -0.05) is 26.0 Å². The van der Waals surface area contributed by atoms with E-state index in [1.54, 1.807) is 0 Å². The summed E-state index contributed by atoms with van der Waals surface area (Å²) in [6, 6.07) is 7.65. The van der Waals surface area contributed by atoms with Crippen molar-refractivity contribution in [2.24, 2.45) is 0 Å². The predicted octanol–water partition coefficient (Wildman–Crippen LogP) is 2.92. The van der Waals surface area contributed by atoms with Crippen molar-refractivity contribution >= 4 is 11.8 Å². The first-order chi connectivity index (χ1) is 7.13. The molecule has 4 heteroatoms. The van der Waals surface area contributed by atoms with Gasteiger partial charge in [-0.3, -0.25) is 0 Å². The monoisotopic (exact) mass is 209 g/mol. The van der Waals surface area contributed by atoms with Crippen molar-refractivity contribution in [3.63, 3.8) is 0 Å². The number of hydrogen-bond acceptors (Lipinski definition) is 4. The molecule has 15 heavy (non-hydrogen) atoms. The maximum atomic E-state index is 10.7. The minimum Gasteiger partial charge on any atom is -0.436 e. The second-order valence-corrected chi connectivity index (χ2v) is 3.43. The third kappa shape index (κ3) is 3.50. The smallest absolute Gasteiger partial charge is 0.436 e. The molecule has 0 aliphatic heterocycles. The molecule has 4 nitrogen and oxygen atoms in total. The molecule has 1 N–H and O–H groups in total. The summed E-state index contributed by atoms with van der Waals surface area (Å²) in [5.41, 5.74) is 4.43. The molecule has 0 spiro atoms. The molecule has 0 fully saturated rings. The quantitative estimate of drug-likeness (QED) is 0.614. The van der Waals surface area contributed by atoms with E-state index in [2.05, 4.69) is 28.9 Å². The summed E-state index contributed by atoms with van der Waals surface area (Å²) in [7, 11) is 1.26. The highest BCUT2D eigenvalue weighted by atomic mass is 16.8. The van der Waals surface area contributed by atoms with Crippen LogP contribution in [-0.2, 0) is 9.57 Å². The molecule has 82 valence electrons. The van der Waals surface area contributed by atoms with E-state index in [0.717, 1.165) is 0 Å². The lowest BCUT2D eigenvalue weighted by Crippen LogP contribution is -2.09. The minimum absolute atomic E-state index is 0.487. The second-order valence-electron chi connectivity index (χ2n) is 3.43. The van der Waals surface area contributed by atoms with Gasteiger partial charge in [0.25, 0.3) is 0 Å². The van der Waals surface area contributed by atoms with Crippen LogP contribution in [-0.4, -0.2) is 13.3 Å². The summed E-state index contributed by atoms with van der Waals surface area (Å²) < 4.78 is 4.31. The standard InChI is InChI=1S/C11H15NO3/c1-8(2)9-4-6-10(7-5-9)12-15-11(13)14-3/h4-8,12H,1-3H3. The van der Waals surface area contributed by atoms with Crippen molar-refractivity contribution < 1.29 is 14.4 Å². The molecule has 0 atom stereocenters. The largest absolute Gasteiger partial charge is 0.532 e. The topological polar surface area (TPSA) is 47.6 Å². The van der Waals surface area contributed by atoms with Crippen molar-refractivity contribution in [1.29, 1.82) is 0 Å². The van der Waals surface area contributed by atoms with Crippen LogP contribution >= 0.6 is 0 Å². The van der Waals surface area contributed by atoms with Crippen LogP contribution in [0.1, 0.15) is 25.3 Å². The van der Waals surface area contributed by atoms with Crippen LogP contribution < -0.4 is 5.48 Å². The highest BCUT2D eigenvalue weighted by Gasteiger charge is 2.01. The Balaban J connectivity index is 2.53. The Kier molecular flexibility index (Phi) is 3.97. The molecule has 0 amide bonds. The first kappa shape index (κ1) is 11.4. The van der Waals surface area contributed by atoms with Crippen LogP contribution in [0.4, 0.5) is 10.5 Å². The van der Waals surface area contributed by atoms with E-state index in [0.29, 0.717) is 11.6 Å². The Bertz CT molecular complexity index is 319. The molecule has 1 aromatic carbocycles. The van der Waals surface area contributed by atoms with Crippen molar-refractivity contribution in [1.82, 2.24) is 0 Å². The maximum absolute atomic E-state index is 10.7. The van der Waals surface area contributed by atoms with E-state index >= 15 is 0 Å². The van der Waals surface area contributed by atoms with Crippen LogP contribution in [0.25, 0.3) is 0 Å². The highest BCUT2D eigenvalue weighted by molar-refractivity contribution is 5.61. The number of benzene rings is 1. The SMILES string of the molecule is COC(=O)ONc1ccc(C(C)C)cc1. The number of hydrogen-bond donors (Lipinski definition) is 1. The van der Waals surface area contributed by atoms with E-state index in [4.69, 9.17) is 0 Å². The average Bonchev–Trinajstić information content (AvgIpc) is 2.26. The fourth-order valence-electron chi connectivity index (χ4n) is 1.08. The minimum atomic E-state index is -0.761. The Hall–Kier alpha value is -1.71. The first-order valence-corrected chi connectivity index (χ1v) is 4.74. The van der Waals surface area contributed by atoms with E-state index in [-0.39, 0.29) is 0 Å². The summed E-state index contributed by atoms with van der Waals surface area (Å²) in [5.74, 6) is 0.487. The highest BCUT2D eigenvalue weighted by Crippen LogP contribution is 2.16. The summed E-state index contributed by atoms with van der Waals surface area (Å²) in [6.07, 6.45) is -0.761. The molecular weight excluding hydrogens is 194 g/mol. The molecule has 0 aliphatic rings. The molecule has 0 saturated heterocycles. The van der Waals surface area contributed by atoms with Gasteiger partial charge in [0, 0.05) is 0 Å². The van der Waals surface area contributed by atoms with Gasteiger partial charge in [-0.2, -0.15) is 0 Å². The van der Waals surface area contributed by atoms with Crippen LogP contribution in [0.15, 0.2) is 24.3 Å². The molecule has 0 aliphatic carbocycles. The molecule has 0 aromatic heterocycles. The van der Waals surface area contributed by atoms with Gasteiger partial charge < -0.3 is 9.57 Å². The Morgan fingerprint density at radius 2 is 1.87 bits per heavy atom. The zero-order valence-corrected chi connectivity index (χ0v) is 9.11. The van der Waals surface area contributed by atoms with Crippen LogP contribution in [0.5, 0.6) is 0 Å². The third-order valence-corrected chi connectivity index (χ3v) is 2.00. The number of rotatable bonds is 3. The third-order valence-electron chi connectivity index (χ3n) is 2.00. The van der Waals surface area contributed by atoms with Gasteiger partial charge in [-0.25, -0.2) is 10.3 Å². The molecule has 0 unspecified atom stereocenters. The van der Waals surface area contributed by atoms with Crippen molar-refractivity contribution in [2.75, 3.05) is 12.6 Å². The van der Waals surface area contributed by atoms with Crippen molar-refractivity contribution in [3.8, 4) is 0 Å². The van der Waals surface area contributed by atoms with Gasteiger partial charge >= 0.3 is 6.16 Å². The van der Waals surface area contributed by atoms with E-state index in [9.17, 15) is 4.79 Å². The molecule has 0 bridgehead atoms. The van der Waals surface area contributed by atoms with Gasteiger partial charge in [-0.15, -0.1) is 0 Å². The summed E-state index contributed by atoms with van der Waals surface area (Å²) >= 11 is 0. The maximum Gasteiger partial charge on any atom is 0.532 e. The normalized spacial score (nSPS) is 9.87.